The number of ether oxygens (including phenoxy) is 1. The molecule has 0 heterocycles. The van der Waals surface area contributed by atoms with E-state index >= 15 is 0 Å². The Morgan fingerprint density at radius 2 is 2.20 bits per heavy atom. The highest BCUT2D eigenvalue weighted by Gasteiger charge is 2.04. The number of hydrogen-bond donors (Lipinski definition) is 1. The molecule has 0 aliphatic heterocycles. The van der Waals surface area contributed by atoms with E-state index in [-0.39, 0.29) is 0 Å². The highest BCUT2D eigenvalue weighted by molar-refractivity contribution is 7.98. The molecule has 3 nitrogen and oxygen atoms in total. The van der Waals surface area contributed by atoms with E-state index in [0.717, 1.165) is 23.7 Å². The van der Waals surface area contributed by atoms with Gasteiger partial charge in [0.25, 0.3) is 0 Å². The molecular weight excluding hydrogens is 208 g/mol. The zero-order valence-electron chi connectivity index (χ0n) is 9.49. The van der Waals surface area contributed by atoms with Crippen LogP contribution in [0.4, 0.5) is 11.4 Å². The first-order valence-corrected chi connectivity index (χ1v) is 6.22. The van der Waals surface area contributed by atoms with Crippen molar-refractivity contribution in [2.75, 3.05) is 43.3 Å². The Hall–Kier alpha value is -1.03. The Morgan fingerprint density at radius 3 is 2.80 bits per heavy atom. The van der Waals surface area contributed by atoms with Gasteiger partial charge in [-0.25, -0.2) is 0 Å². The highest BCUT2D eigenvalue weighted by Crippen LogP contribution is 2.26. The lowest BCUT2D eigenvalue weighted by Gasteiger charge is -2.19. The quantitative estimate of drug-likeness (QED) is 0.780. The number of nitrogens with zero attached hydrogens (tertiary/aromatic N) is 1. The van der Waals surface area contributed by atoms with E-state index in [1.165, 1.54) is 0 Å². The molecule has 4 heteroatoms. The molecule has 1 rings (SSSR count). The third-order valence-corrected chi connectivity index (χ3v) is 2.88. The van der Waals surface area contributed by atoms with Crippen molar-refractivity contribution < 1.29 is 4.74 Å². The average molecular weight is 226 g/mol. The van der Waals surface area contributed by atoms with Crippen molar-refractivity contribution in [1.82, 2.24) is 0 Å². The van der Waals surface area contributed by atoms with Gasteiger partial charge in [0.2, 0.25) is 0 Å². The maximum Gasteiger partial charge on any atom is 0.143 e. The first-order valence-electron chi connectivity index (χ1n) is 4.82. The molecular formula is C11H18N2OS. The summed E-state index contributed by atoms with van der Waals surface area (Å²) in [5.74, 6) is 1.85. The van der Waals surface area contributed by atoms with Gasteiger partial charge in [-0.2, -0.15) is 11.8 Å². The van der Waals surface area contributed by atoms with Gasteiger partial charge in [0.15, 0.2) is 0 Å². The largest absolute Gasteiger partial charge is 0.495 e. The van der Waals surface area contributed by atoms with E-state index < -0.39 is 0 Å². The minimum absolute atomic E-state index is 0.680. The van der Waals surface area contributed by atoms with Crippen molar-refractivity contribution >= 4 is 23.1 Å². The van der Waals surface area contributed by atoms with E-state index in [4.69, 9.17) is 10.5 Å². The molecule has 0 saturated heterocycles. The predicted octanol–water partition coefficient (Wildman–Crippen LogP) is 2.08. The monoisotopic (exact) mass is 226 g/mol. The molecule has 0 aromatic heterocycles. The van der Waals surface area contributed by atoms with Gasteiger partial charge in [-0.3, -0.25) is 0 Å². The maximum absolute atomic E-state index is 5.75. The molecule has 0 saturated carbocycles. The lowest BCUT2D eigenvalue weighted by atomic mass is 10.2. The number of hydrogen-bond acceptors (Lipinski definition) is 4. The van der Waals surface area contributed by atoms with Crippen molar-refractivity contribution in [3.05, 3.63) is 18.2 Å². The fourth-order valence-electron chi connectivity index (χ4n) is 1.29. The third kappa shape index (κ3) is 3.23. The van der Waals surface area contributed by atoms with Gasteiger partial charge in [0, 0.05) is 31.1 Å². The van der Waals surface area contributed by atoms with Crippen molar-refractivity contribution in [2.24, 2.45) is 0 Å². The topological polar surface area (TPSA) is 38.5 Å². The van der Waals surface area contributed by atoms with Gasteiger partial charge in [0.05, 0.1) is 12.8 Å². The summed E-state index contributed by atoms with van der Waals surface area (Å²) in [5, 5.41) is 0. The van der Waals surface area contributed by atoms with Crippen LogP contribution >= 0.6 is 11.8 Å². The van der Waals surface area contributed by atoms with Crippen molar-refractivity contribution in [3.63, 3.8) is 0 Å². The van der Waals surface area contributed by atoms with Crippen molar-refractivity contribution in [1.29, 1.82) is 0 Å². The Bertz CT molecular complexity index is 317. The number of rotatable bonds is 5. The fraction of sp³-hybridized carbons (Fsp3) is 0.455. The standard InChI is InChI=1S/C11H18N2OS/c1-13(6-7-15-3)9-4-5-10(12)11(8-9)14-2/h4-5,8H,6-7,12H2,1-3H3. The molecule has 0 radical (unpaired) electrons. The Kier molecular flexibility index (Phi) is 4.62. The van der Waals surface area contributed by atoms with Crippen LogP contribution in [0.25, 0.3) is 0 Å². The van der Waals surface area contributed by atoms with Crippen LogP contribution in [0.3, 0.4) is 0 Å². The Balaban J connectivity index is 2.76. The molecule has 2 N–H and O–H groups in total. The maximum atomic E-state index is 5.75. The van der Waals surface area contributed by atoms with Crippen molar-refractivity contribution in [3.8, 4) is 5.75 Å². The molecule has 15 heavy (non-hydrogen) atoms. The van der Waals surface area contributed by atoms with Crippen LogP contribution in [-0.4, -0.2) is 32.7 Å². The van der Waals surface area contributed by atoms with E-state index in [0.29, 0.717) is 5.69 Å². The molecule has 0 unspecified atom stereocenters. The Morgan fingerprint density at radius 1 is 1.47 bits per heavy atom. The zero-order chi connectivity index (χ0) is 11.3. The van der Waals surface area contributed by atoms with E-state index in [9.17, 15) is 0 Å². The smallest absolute Gasteiger partial charge is 0.143 e. The number of anilines is 2. The van der Waals surface area contributed by atoms with Gasteiger partial charge in [0.1, 0.15) is 5.75 Å². The summed E-state index contributed by atoms with van der Waals surface area (Å²) < 4.78 is 5.18. The predicted molar refractivity (Wildman–Crippen MR) is 69.1 cm³/mol. The number of nitrogen functional groups attached to an aromatic ring is 1. The molecule has 1 aromatic rings. The summed E-state index contributed by atoms with van der Waals surface area (Å²) >= 11 is 1.84. The lowest BCUT2D eigenvalue weighted by Crippen LogP contribution is -2.20. The molecule has 1 aromatic carbocycles. The minimum Gasteiger partial charge on any atom is -0.495 e. The van der Waals surface area contributed by atoms with Crippen LogP contribution < -0.4 is 15.4 Å². The lowest BCUT2D eigenvalue weighted by molar-refractivity contribution is 0.417. The van der Waals surface area contributed by atoms with Gasteiger partial charge < -0.3 is 15.4 Å². The van der Waals surface area contributed by atoms with Crippen LogP contribution in [0.15, 0.2) is 18.2 Å². The van der Waals surface area contributed by atoms with E-state index in [2.05, 4.69) is 18.2 Å². The first kappa shape index (κ1) is 12.0. The number of thioether (sulfide) groups is 1. The summed E-state index contributed by atoms with van der Waals surface area (Å²) in [5.41, 5.74) is 7.57. The van der Waals surface area contributed by atoms with Gasteiger partial charge in [-0.1, -0.05) is 0 Å². The van der Waals surface area contributed by atoms with Crippen LogP contribution in [0.2, 0.25) is 0 Å². The molecule has 0 aliphatic carbocycles. The second-order valence-corrected chi connectivity index (χ2v) is 4.33. The van der Waals surface area contributed by atoms with Gasteiger partial charge in [-0.15, -0.1) is 0 Å². The normalized spacial score (nSPS) is 10.1. The van der Waals surface area contributed by atoms with E-state index in [1.807, 2.05) is 30.0 Å². The molecule has 0 fully saturated rings. The molecule has 0 atom stereocenters. The SMILES string of the molecule is COc1cc(N(C)CCSC)ccc1N. The molecule has 84 valence electrons. The summed E-state index contributed by atoms with van der Waals surface area (Å²) in [4.78, 5) is 2.19. The summed E-state index contributed by atoms with van der Waals surface area (Å²) in [6.45, 7) is 1.02. The average Bonchev–Trinajstić information content (AvgIpc) is 2.26. The zero-order valence-corrected chi connectivity index (χ0v) is 10.3. The summed E-state index contributed by atoms with van der Waals surface area (Å²) in [6.07, 6.45) is 2.11. The second kappa shape index (κ2) is 5.75. The fourth-order valence-corrected chi connectivity index (χ4v) is 1.75. The molecule has 0 bridgehead atoms. The van der Waals surface area contributed by atoms with Crippen LogP contribution in [0.5, 0.6) is 5.75 Å². The van der Waals surface area contributed by atoms with Crippen LogP contribution in [0.1, 0.15) is 0 Å². The van der Waals surface area contributed by atoms with Gasteiger partial charge in [-0.05, 0) is 18.4 Å². The summed E-state index contributed by atoms with van der Waals surface area (Å²) in [7, 11) is 3.71. The molecule has 0 spiro atoms. The molecule has 0 amide bonds. The summed E-state index contributed by atoms with van der Waals surface area (Å²) in [6, 6.07) is 5.86. The van der Waals surface area contributed by atoms with Crippen LogP contribution in [0, 0.1) is 0 Å². The third-order valence-electron chi connectivity index (χ3n) is 2.29. The number of benzene rings is 1. The second-order valence-electron chi connectivity index (χ2n) is 3.34. The van der Waals surface area contributed by atoms with Crippen molar-refractivity contribution in [2.45, 2.75) is 0 Å². The number of nitrogens with two attached hydrogens (primary N) is 1. The number of methoxy groups -OCH3 is 1. The minimum atomic E-state index is 0.680. The van der Waals surface area contributed by atoms with Crippen LogP contribution in [-0.2, 0) is 0 Å². The highest BCUT2D eigenvalue weighted by atomic mass is 32.2. The molecule has 0 aliphatic rings. The van der Waals surface area contributed by atoms with E-state index in [1.54, 1.807) is 7.11 Å². The Labute approximate surface area is 95.6 Å². The van der Waals surface area contributed by atoms with Gasteiger partial charge >= 0.3 is 0 Å². The first-order chi connectivity index (χ1) is 7.19.